The molecule has 0 saturated heterocycles. The van der Waals surface area contributed by atoms with E-state index in [2.05, 4.69) is 12.2 Å². The molecule has 0 aromatic heterocycles. The summed E-state index contributed by atoms with van der Waals surface area (Å²) in [6.45, 7) is 0.715. The number of aliphatic hydroxyl groups is 1. The lowest BCUT2D eigenvalue weighted by atomic mass is 9.94. The standard InChI is InChI=1S/C14H16O2/c15-14-10-6-7-13(14)11(8-10)9-16-12-4-2-1-3-5-12/h1-7,10-11,13-15H,8-9H2. The van der Waals surface area contributed by atoms with Crippen LogP contribution < -0.4 is 4.74 Å². The second kappa shape index (κ2) is 3.95. The molecule has 1 fully saturated rings. The summed E-state index contributed by atoms with van der Waals surface area (Å²) >= 11 is 0. The minimum atomic E-state index is -0.163. The lowest BCUT2D eigenvalue weighted by Gasteiger charge is -2.18. The summed E-state index contributed by atoms with van der Waals surface area (Å²) in [5, 5.41) is 9.88. The summed E-state index contributed by atoms with van der Waals surface area (Å²) in [4.78, 5) is 0. The van der Waals surface area contributed by atoms with Gasteiger partial charge in [-0.1, -0.05) is 30.4 Å². The molecule has 1 aromatic carbocycles. The first-order valence-corrected chi connectivity index (χ1v) is 5.89. The van der Waals surface area contributed by atoms with Crippen molar-refractivity contribution in [1.82, 2.24) is 0 Å². The Kier molecular flexibility index (Phi) is 2.44. The van der Waals surface area contributed by atoms with E-state index in [1.165, 1.54) is 0 Å². The zero-order valence-electron chi connectivity index (χ0n) is 9.12. The molecule has 1 N–H and O–H groups in total. The van der Waals surface area contributed by atoms with E-state index in [0.717, 1.165) is 12.2 Å². The molecule has 0 radical (unpaired) electrons. The van der Waals surface area contributed by atoms with E-state index in [1.54, 1.807) is 0 Å². The molecule has 2 nitrogen and oxygen atoms in total. The van der Waals surface area contributed by atoms with Gasteiger partial charge in [-0.15, -0.1) is 0 Å². The van der Waals surface area contributed by atoms with Gasteiger partial charge in [-0.2, -0.15) is 0 Å². The molecule has 0 aliphatic heterocycles. The van der Waals surface area contributed by atoms with Crippen LogP contribution in [0.2, 0.25) is 0 Å². The number of ether oxygens (including phenoxy) is 1. The zero-order chi connectivity index (χ0) is 11.0. The van der Waals surface area contributed by atoms with Gasteiger partial charge in [-0.3, -0.25) is 0 Å². The van der Waals surface area contributed by atoms with Gasteiger partial charge in [0.05, 0.1) is 12.7 Å². The largest absolute Gasteiger partial charge is 0.493 e. The van der Waals surface area contributed by atoms with Crippen LogP contribution in [0.3, 0.4) is 0 Å². The van der Waals surface area contributed by atoms with Gasteiger partial charge in [0.25, 0.3) is 0 Å². The van der Waals surface area contributed by atoms with Crippen molar-refractivity contribution in [2.24, 2.45) is 17.8 Å². The molecular weight excluding hydrogens is 200 g/mol. The van der Waals surface area contributed by atoms with Crippen molar-refractivity contribution in [3.63, 3.8) is 0 Å². The van der Waals surface area contributed by atoms with Gasteiger partial charge in [-0.05, 0) is 18.6 Å². The van der Waals surface area contributed by atoms with Crippen LogP contribution in [0.25, 0.3) is 0 Å². The van der Waals surface area contributed by atoms with Crippen LogP contribution in [-0.2, 0) is 0 Å². The maximum absolute atomic E-state index is 9.88. The number of aliphatic hydroxyl groups excluding tert-OH is 1. The Morgan fingerprint density at radius 3 is 2.62 bits per heavy atom. The molecule has 2 aliphatic carbocycles. The van der Waals surface area contributed by atoms with Gasteiger partial charge in [0.1, 0.15) is 5.75 Å². The first-order chi connectivity index (χ1) is 7.84. The molecule has 1 saturated carbocycles. The normalized spacial score (nSPS) is 35.6. The second-order valence-electron chi connectivity index (χ2n) is 4.74. The summed E-state index contributed by atoms with van der Waals surface area (Å²) in [5.74, 6) is 2.08. The highest BCUT2D eigenvalue weighted by atomic mass is 16.5. The number of benzene rings is 1. The van der Waals surface area contributed by atoms with Crippen molar-refractivity contribution in [3.8, 4) is 5.75 Å². The molecule has 16 heavy (non-hydrogen) atoms. The smallest absolute Gasteiger partial charge is 0.119 e. The van der Waals surface area contributed by atoms with Crippen LogP contribution in [0.1, 0.15) is 6.42 Å². The predicted molar refractivity (Wildman–Crippen MR) is 62.2 cm³/mol. The van der Waals surface area contributed by atoms with Gasteiger partial charge < -0.3 is 9.84 Å². The summed E-state index contributed by atoms with van der Waals surface area (Å²) in [6.07, 6.45) is 5.20. The average Bonchev–Trinajstić information content (AvgIpc) is 2.84. The Balaban J connectivity index is 1.60. The minimum Gasteiger partial charge on any atom is -0.493 e. The molecule has 2 heteroatoms. The second-order valence-corrected chi connectivity index (χ2v) is 4.74. The molecule has 0 amide bonds. The van der Waals surface area contributed by atoms with Crippen LogP contribution in [0.4, 0.5) is 0 Å². The number of para-hydroxylation sites is 1. The lowest BCUT2D eigenvalue weighted by Crippen LogP contribution is -2.20. The number of rotatable bonds is 3. The van der Waals surface area contributed by atoms with Gasteiger partial charge in [-0.25, -0.2) is 0 Å². The number of fused-ring (bicyclic) bond motifs is 2. The first-order valence-electron chi connectivity index (χ1n) is 5.89. The first kappa shape index (κ1) is 9.91. The van der Waals surface area contributed by atoms with Gasteiger partial charge in [0.2, 0.25) is 0 Å². The molecule has 3 rings (SSSR count). The highest BCUT2D eigenvalue weighted by Crippen LogP contribution is 2.43. The van der Waals surface area contributed by atoms with Gasteiger partial charge in [0, 0.05) is 17.8 Å². The van der Waals surface area contributed by atoms with Crippen molar-refractivity contribution in [2.45, 2.75) is 12.5 Å². The van der Waals surface area contributed by atoms with Crippen LogP contribution in [-0.4, -0.2) is 17.8 Å². The summed E-state index contributed by atoms with van der Waals surface area (Å²) in [6, 6.07) is 9.88. The third-order valence-corrected chi connectivity index (χ3v) is 3.74. The fourth-order valence-corrected chi connectivity index (χ4v) is 2.84. The maximum atomic E-state index is 9.88. The van der Waals surface area contributed by atoms with Crippen molar-refractivity contribution in [1.29, 1.82) is 0 Å². The monoisotopic (exact) mass is 216 g/mol. The molecule has 4 unspecified atom stereocenters. The quantitative estimate of drug-likeness (QED) is 0.785. The molecule has 2 bridgehead atoms. The summed E-state index contributed by atoms with van der Waals surface area (Å²) in [5.41, 5.74) is 0. The molecule has 0 spiro atoms. The SMILES string of the molecule is OC1C2C=CC1C(COc1ccccc1)C2. The Morgan fingerprint density at radius 1 is 1.19 bits per heavy atom. The highest BCUT2D eigenvalue weighted by Gasteiger charge is 2.43. The van der Waals surface area contributed by atoms with Crippen molar-refractivity contribution >= 4 is 0 Å². The average molecular weight is 216 g/mol. The molecular formula is C14H16O2. The Labute approximate surface area is 95.6 Å². The van der Waals surface area contributed by atoms with E-state index in [0.29, 0.717) is 24.4 Å². The van der Waals surface area contributed by atoms with Crippen LogP contribution in [0.5, 0.6) is 5.75 Å². The van der Waals surface area contributed by atoms with E-state index < -0.39 is 0 Å². The Hall–Kier alpha value is -1.28. The van der Waals surface area contributed by atoms with Gasteiger partial charge in [0.15, 0.2) is 0 Å². The molecule has 1 aromatic rings. The predicted octanol–water partition coefficient (Wildman–Crippen LogP) is 2.25. The molecule has 84 valence electrons. The zero-order valence-corrected chi connectivity index (χ0v) is 9.12. The third kappa shape index (κ3) is 1.63. The van der Waals surface area contributed by atoms with Crippen LogP contribution in [0.15, 0.2) is 42.5 Å². The molecule has 0 heterocycles. The molecule has 2 aliphatic rings. The Bertz CT molecular complexity index is 385. The molecule has 4 atom stereocenters. The van der Waals surface area contributed by atoms with E-state index >= 15 is 0 Å². The van der Waals surface area contributed by atoms with E-state index in [9.17, 15) is 5.11 Å². The topological polar surface area (TPSA) is 29.5 Å². The van der Waals surface area contributed by atoms with Gasteiger partial charge >= 0.3 is 0 Å². The number of hydrogen-bond donors (Lipinski definition) is 1. The third-order valence-electron chi connectivity index (χ3n) is 3.74. The van der Waals surface area contributed by atoms with Crippen molar-refractivity contribution in [3.05, 3.63) is 42.5 Å². The van der Waals surface area contributed by atoms with Crippen molar-refractivity contribution < 1.29 is 9.84 Å². The summed E-state index contributed by atoms with van der Waals surface area (Å²) in [7, 11) is 0. The highest BCUT2D eigenvalue weighted by molar-refractivity contribution is 5.21. The van der Waals surface area contributed by atoms with Crippen molar-refractivity contribution in [2.75, 3.05) is 6.61 Å². The fraction of sp³-hybridized carbons (Fsp3) is 0.429. The Morgan fingerprint density at radius 2 is 2.00 bits per heavy atom. The van der Waals surface area contributed by atoms with E-state index in [1.807, 2.05) is 30.3 Å². The van der Waals surface area contributed by atoms with Crippen LogP contribution >= 0.6 is 0 Å². The maximum Gasteiger partial charge on any atom is 0.119 e. The van der Waals surface area contributed by atoms with E-state index in [4.69, 9.17) is 4.74 Å². The minimum absolute atomic E-state index is 0.163. The summed E-state index contributed by atoms with van der Waals surface area (Å²) < 4.78 is 5.75. The lowest BCUT2D eigenvalue weighted by molar-refractivity contribution is 0.121. The van der Waals surface area contributed by atoms with E-state index in [-0.39, 0.29) is 6.10 Å². The fourth-order valence-electron chi connectivity index (χ4n) is 2.84. The van der Waals surface area contributed by atoms with Crippen LogP contribution in [0, 0.1) is 17.8 Å². The number of hydrogen-bond acceptors (Lipinski definition) is 2.